The van der Waals surface area contributed by atoms with Crippen LogP contribution in [0.5, 0.6) is 0 Å². The lowest BCUT2D eigenvalue weighted by Gasteiger charge is -2.21. The van der Waals surface area contributed by atoms with E-state index < -0.39 is 0 Å². The summed E-state index contributed by atoms with van der Waals surface area (Å²) in [6.45, 7) is 2.24. The lowest BCUT2D eigenvalue weighted by atomic mass is 10.1. The van der Waals surface area contributed by atoms with E-state index in [9.17, 15) is 4.79 Å². The molecule has 24 heavy (non-hydrogen) atoms. The zero-order valence-corrected chi connectivity index (χ0v) is 13.8. The zero-order valence-electron chi connectivity index (χ0n) is 13.8. The van der Waals surface area contributed by atoms with Gasteiger partial charge in [0.25, 0.3) is 5.91 Å². The molecule has 0 atom stereocenters. The molecule has 0 aliphatic carbocycles. The molecule has 4 rings (SSSR count). The van der Waals surface area contributed by atoms with Crippen LogP contribution in [0.4, 0.5) is 5.69 Å². The SMILES string of the molecule is CN1CCN(C(=O)c2ccc3ccccc3c2)Cc2ccccc21. The van der Waals surface area contributed by atoms with Crippen LogP contribution in [0.15, 0.2) is 66.7 Å². The van der Waals surface area contributed by atoms with E-state index in [2.05, 4.69) is 42.3 Å². The summed E-state index contributed by atoms with van der Waals surface area (Å²) in [7, 11) is 2.09. The quantitative estimate of drug-likeness (QED) is 0.679. The molecule has 3 aromatic rings. The number of hydrogen-bond donors (Lipinski definition) is 0. The van der Waals surface area contributed by atoms with Crippen LogP contribution >= 0.6 is 0 Å². The van der Waals surface area contributed by atoms with Crippen molar-refractivity contribution in [2.24, 2.45) is 0 Å². The molecule has 3 heteroatoms. The molecule has 0 fully saturated rings. The summed E-state index contributed by atoms with van der Waals surface area (Å²) < 4.78 is 0. The number of hydrogen-bond acceptors (Lipinski definition) is 2. The summed E-state index contributed by atoms with van der Waals surface area (Å²) in [6, 6.07) is 22.4. The molecule has 0 aromatic heterocycles. The molecule has 0 saturated heterocycles. The van der Waals surface area contributed by atoms with Crippen LogP contribution in [0.3, 0.4) is 0 Å². The maximum Gasteiger partial charge on any atom is 0.254 e. The highest BCUT2D eigenvalue weighted by atomic mass is 16.2. The number of anilines is 1. The van der Waals surface area contributed by atoms with Crippen molar-refractivity contribution in [2.75, 3.05) is 25.0 Å². The smallest absolute Gasteiger partial charge is 0.254 e. The second-order valence-electron chi connectivity index (χ2n) is 6.34. The molecule has 0 N–H and O–H groups in total. The van der Waals surface area contributed by atoms with Crippen molar-refractivity contribution in [1.82, 2.24) is 4.90 Å². The molecule has 1 amide bonds. The molecular weight excluding hydrogens is 296 g/mol. The average molecular weight is 316 g/mol. The molecule has 0 spiro atoms. The third-order valence-corrected chi connectivity index (χ3v) is 4.75. The highest BCUT2D eigenvalue weighted by Crippen LogP contribution is 2.25. The van der Waals surface area contributed by atoms with Crippen molar-refractivity contribution in [3.63, 3.8) is 0 Å². The Bertz CT molecular complexity index is 903. The van der Waals surface area contributed by atoms with Crippen molar-refractivity contribution in [1.29, 1.82) is 0 Å². The van der Waals surface area contributed by atoms with E-state index in [0.717, 1.165) is 29.4 Å². The molecular formula is C21H20N2O. The lowest BCUT2D eigenvalue weighted by Crippen LogP contribution is -2.34. The Morgan fingerprint density at radius 2 is 1.62 bits per heavy atom. The Morgan fingerprint density at radius 1 is 0.875 bits per heavy atom. The van der Waals surface area contributed by atoms with Gasteiger partial charge in [-0.15, -0.1) is 0 Å². The van der Waals surface area contributed by atoms with Crippen LogP contribution in [0.25, 0.3) is 10.8 Å². The Kier molecular flexibility index (Phi) is 3.69. The highest BCUT2D eigenvalue weighted by Gasteiger charge is 2.22. The Morgan fingerprint density at radius 3 is 2.50 bits per heavy atom. The Hall–Kier alpha value is -2.81. The highest BCUT2D eigenvalue weighted by molar-refractivity contribution is 5.98. The number of fused-ring (bicyclic) bond motifs is 2. The van der Waals surface area contributed by atoms with E-state index in [0.29, 0.717) is 6.54 Å². The van der Waals surface area contributed by atoms with E-state index >= 15 is 0 Å². The number of para-hydroxylation sites is 1. The van der Waals surface area contributed by atoms with E-state index in [4.69, 9.17) is 0 Å². The van der Waals surface area contributed by atoms with Gasteiger partial charge in [0.1, 0.15) is 0 Å². The Balaban J connectivity index is 1.66. The van der Waals surface area contributed by atoms with Crippen molar-refractivity contribution in [3.05, 3.63) is 77.9 Å². The molecule has 1 heterocycles. The molecule has 1 aliphatic rings. The van der Waals surface area contributed by atoms with Crippen LogP contribution in [-0.4, -0.2) is 30.9 Å². The van der Waals surface area contributed by atoms with Gasteiger partial charge in [-0.1, -0.05) is 48.5 Å². The fourth-order valence-corrected chi connectivity index (χ4v) is 3.37. The normalized spacial score (nSPS) is 14.4. The van der Waals surface area contributed by atoms with Crippen LogP contribution in [0.1, 0.15) is 15.9 Å². The number of amides is 1. The van der Waals surface area contributed by atoms with E-state index in [1.165, 1.54) is 11.3 Å². The summed E-state index contributed by atoms with van der Waals surface area (Å²) in [5.74, 6) is 0.103. The lowest BCUT2D eigenvalue weighted by molar-refractivity contribution is 0.0752. The fraction of sp³-hybridized carbons (Fsp3) is 0.190. The van der Waals surface area contributed by atoms with Crippen molar-refractivity contribution in [2.45, 2.75) is 6.54 Å². The summed E-state index contributed by atoms with van der Waals surface area (Å²) in [4.78, 5) is 17.2. The monoisotopic (exact) mass is 316 g/mol. The number of likely N-dealkylation sites (N-methyl/N-ethyl adjacent to an activating group) is 1. The predicted molar refractivity (Wildman–Crippen MR) is 98.4 cm³/mol. The predicted octanol–water partition coefficient (Wildman–Crippen LogP) is 3.93. The summed E-state index contributed by atoms with van der Waals surface area (Å²) in [5, 5.41) is 2.27. The van der Waals surface area contributed by atoms with Gasteiger partial charge in [0.2, 0.25) is 0 Å². The van der Waals surface area contributed by atoms with Gasteiger partial charge in [-0.25, -0.2) is 0 Å². The van der Waals surface area contributed by atoms with Gasteiger partial charge in [0, 0.05) is 37.9 Å². The van der Waals surface area contributed by atoms with Gasteiger partial charge in [-0.05, 0) is 34.5 Å². The number of carbonyl (C=O) groups excluding carboxylic acids is 1. The minimum Gasteiger partial charge on any atom is -0.373 e. The van der Waals surface area contributed by atoms with Crippen LogP contribution in [0.2, 0.25) is 0 Å². The first-order chi connectivity index (χ1) is 11.7. The van der Waals surface area contributed by atoms with Crippen LogP contribution in [-0.2, 0) is 6.54 Å². The molecule has 1 aliphatic heterocycles. The molecule has 3 nitrogen and oxygen atoms in total. The second-order valence-corrected chi connectivity index (χ2v) is 6.34. The van der Waals surface area contributed by atoms with Gasteiger partial charge in [0.15, 0.2) is 0 Å². The maximum absolute atomic E-state index is 13.0. The van der Waals surface area contributed by atoms with Crippen molar-refractivity contribution in [3.8, 4) is 0 Å². The maximum atomic E-state index is 13.0. The first kappa shape index (κ1) is 14.8. The number of rotatable bonds is 1. The van der Waals surface area contributed by atoms with Crippen molar-refractivity contribution < 1.29 is 4.79 Å². The minimum absolute atomic E-state index is 0.103. The molecule has 0 bridgehead atoms. The molecule has 0 saturated carbocycles. The second kappa shape index (κ2) is 6.00. The van der Waals surface area contributed by atoms with E-state index in [1.807, 2.05) is 41.3 Å². The van der Waals surface area contributed by atoms with Gasteiger partial charge in [-0.3, -0.25) is 4.79 Å². The molecule has 0 radical (unpaired) electrons. The first-order valence-electron chi connectivity index (χ1n) is 8.29. The van der Waals surface area contributed by atoms with Gasteiger partial charge >= 0.3 is 0 Å². The number of nitrogens with zero attached hydrogens (tertiary/aromatic N) is 2. The third-order valence-electron chi connectivity index (χ3n) is 4.75. The van der Waals surface area contributed by atoms with Crippen LogP contribution in [0, 0.1) is 0 Å². The van der Waals surface area contributed by atoms with E-state index in [1.54, 1.807) is 0 Å². The topological polar surface area (TPSA) is 23.6 Å². The largest absolute Gasteiger partial charge is 0.373 e. The molecule has 3 aromatic carbocycles. The van der Waals surface area contributed by atoms with Gasteiger partial charge in [-0.2, -0.15) is 0 Å². The van der Waals surface area contributed by atoms with Crippen molar-refractivity contribution >= 4 is 22.4 Å². The molecule has 0 unspecified atom stereocenters. The molecule has 120 valence electrons. The number of carbonyl (C=O) groups is 1. The zero-order chi connectivity index (χ0) is 16.5. The third kappa shape index (κ3) is 2.62. The summed E-state index contributed by atoms with van der Waals surface area (Å²) >= 11 is 0. The first-order valence-corrected chi connectivity index (χ1v) is 8.29. The van der Waals surface area contributed by atoms with Gasteiger partial charge in [0.05, 0.1) is 0 Å². The van der Waals surface area contributed by atoms with Gasteiger partial charge < -0.3 is 9.80 Å². The Labute approximate surface area is 142 Å². The van der Waals surface area contributed by atoms with Crippen LogP contribution < -0.4 is 4.90 Å². The van der Waals surface area contributed by atoms with E-state index in [-0.39, 0.29) is 5.91 Å². The number of benzene rings is 3. The summed E-state index contributed by atoms with van der Waals surface area (Å²) in [6.07, 6.45) is 0. The average Bonchev–Trinajstić information content (AvgIpc) is 2.80. The standard InChI is InChI=1S/C21H20N2O/c1-22-12-13-23(15-19-8-4-5-9-20(19)22)21(24)18-11-10-16-6-2-3-7-17(16)14-18/h2-11,14H,12-13,15H2,1H3. The summed E-state index contributed by atoms with van der Waals surface area (Å²) in [5.41, 5.74) is 3.17. The fourth-order valence-electron chi connectivity index (χ4n) is 3.37. The minimum atomic E-state index is 0.103.